The number of benzene rings is 3. The number of amides is 1. The quantitative estimate of drug-likeness (QED) is 0.246. The maximum Gasteiger partial charge on any atom is 0.230 e. The van der Waals surface area contributed by atoms with Gasteiger partial charge in [0.05, 0.1) is 11.7 Å². The fraction of sp³-hybridized carbons (Fsp3) is 0.303. The van der Waals surface area contributed by atoms with Gasteiger partial charge in [0.25, 0.3) is 0 Å². The third-order valence-corrected chi connectivity index (χ3v) is 9.03. The van der Waals surface area contributed by atoms with E-state index in [0.717, 1.165) is 23.2 Å². The molecule has 2 unspecified atom stereocenters. The van der Waals surface area contributed by atoms with Crippen LogP contribution in [-0.4, -0.2) is 49.6 Å². The van der Waals surface area contributed by atoms with E-state index in [-0.39, 0.29) is 36.1 Å². The Bertz CT molecular complexity index is 1620. The van der Waals surface area contributed by atoms with Crippen molar-refractivity contribution in [1.29, 1.82) is 0 Å². The molecule has 5 atom stereocenters. The monoisotopic (exact) mass is 568 g/mol. The first-order valence-corrected chi connectivity index (χ1v) is 14.0. The Morgan fingerprint density at radius 3 is 2.26 bits per heavy atom. The van der Waals surface area contributed by atoms with Gasteiger partial charge in [-0.25, -0.2) is 0 Å². The van der Waals surface area contributed by atoms with Crippen LogP contribution in [0.1, 0.15) is 35.1 Å². The fourth-order valence-electron chi connectivity index (χ4n) is 6.94. The van der Waals surface area contributed by atoms with Gasteiger partial charge >= 0.3 is 0 Å². The van der Waals surface area contributed by atoms with E-state index in [1.807, 2.05) is 42.5 Å². The number of hydrogen-bond donors (Lipinski definition) is 6. The molecule has 9 heteroatoms. The molecule has 0 radical (unpaired) electrons. The number of nitrogens with two attached hydrogens (primary N) is 1. The number of fused-ring (bicyclic) bond motifs is 3. The molecule has 0 bridgehead atoms. The molecule has 3 aliphatic rings. The third kappa shape index (κ3) is 4.41. The predicted molar refractivity (Wildman–Crippen MR) is 154 cm³/mol. The largest absolute Gasteiger partial charge is 0.507 e. The topological polar surface area (TPSA) is 170 Å². The average Bonchev–Trinajstić information content (AvgIpc) is 2.96. The number of phenolic OH excluding ortho intramolecular Hbond substituents is 1. The second kappa shape index (κ2) is 10.5. The average molecular weight is 569 g/mol. The van der Waals surface area contributed by atoms with Crippen molar-refractivity contribution in [3.63, 3.8) is 0 Å². The van der Waals surface area contributed by atoms with Crippen LogP contribution in [0.5, 0.6) is 5.75 Å². The van der Waals surface area contributed by atoms with Gasteiger partial charge < -0.3 is 31.5 Å². The number of nitrogens with one attached hydrogen (secondary N) is 1. The molecule has 42 heavy (non-hydrogen) atoms. The van der Waals surface area contributed by atoms with Gasteiger partial charge in [-0.05, 0) is 59.1 Å². The van der Waals surface area contributed by atoms with Crippen molar-refractivity contribution >= 4 is 23.2 Å². The van der Waals surface area contributed by atoms with E-state index in [9.17, 15) is 34.8 Å². The molecule has 6 rings (SSSR count). The summed E-state index contributed by atoms with van der Waals surface area (Å²) in [5.41, 5.74) is 7.20. The predicted octanol–water partition coefficient (Wildman–Crippen LogP) is 2.55. The summed E-state index contributed by atoms with van der Waals surface area (Å²) in [5.74, 6) is -7.24. The summed E-state index contributed by atoms with van der Waals surface area (Å²) in [5, 5.41) is 47.4. The van der Waals surface area contributed by atoms with Crippen molar-refractivity contribution < 1.29 is 34.8 Å². The van der Waals surface area contributed by atoms with E-state index in [2.05, 4.69) is 17.4 Å². The summed E-state index contributed by atoms with van der Waals surface area (Å²) in [4.78, 5) is 38.7. The molecule has 3 aromatic carbocycles. The van der Waals surface area contributed by atoms with Crippen molar-refractivity contribution in [2.24, 2.45) is 23.5 Å². The molecule has 0 heterocycles. The van der Waals surface area contributed by atoms with Crippen LogP contribution in [0.15, 0.2) is 72.3 Å². The second-order valence-electron chi connectivity index (χ2n) is 11.5. The summed E-state index contributed by atoms with van der Waals surface area (Å²) in [6.07, 6.45) is -1.19. The SMILES string of the molecule is NC(=O)C1C(=O)[C@@]2(O)C(=O)C3=C(O)c4c(O)ccc(-c5ccc(CNCc6ccccc6)cc5)c4C[C@H]3C[C@H]2CC1O. The number of ketones is 2. The zero-order valence-electron chi connectivity index (χ0n) is 22.8. The van der Waals surface area contributed by atoms with E-state index in [1.165, 1.54) is 11.6 Å². The summed E-state index contributed by atoms with van der Waals surface area (Å²) < 4.78 is 0. The van der Waals surface area contributed by atoms with E-state index < -0.39 is 52.7 Å². The standard InChI is InChI=1S/C33H32N2O7/c34-32(41)28-25(37)14-21-12-20-13-23-22(19-8-6-18(7-9-19)16-35-15-17-4-2-1-3-5-17)10-11-24(36)27(23)29(38)26(20)30(39)33(21,42)31(28)40/h1-11,20-21,25,28,35-38,42H,12-16H2,(H2,34,41)/t20-,21+,25?,28?,33+/m1/s1. The summed E-state index contributed by atoms with van der Waals surface area (Å²) in [6.45, 7) is 1.41. The Hall–Kier alpha value is -4.31. The molecular formula is C33H32N2O7. The Morgan fingerprint density at radius 1 is 0.929 bits per heavy atom. The molecule has 7 N–H and O–H groups in total. The number of aromatic hydroxyl groups is 1. The smallest absolute Gasteiger partial charge is 0.230 e. The van der Waals surface area contributed by atoms with E-state index in [0.29, 0.717) is 12.1 Å². The zero-order valence-corrected chi connectivity index (χ0v) is 22.8. The minimum absolute atomic E-state index is 0.0810. The number of carbonyl (C=O) groups excluding carboxylic acids is 3. The van der Waals surface area contributed by atoms with Crippen molar-refractivity contribution in [2.75, 3.05) is 0 Å². The van der Waals surface area contributed by atoms with Crippen LogP contribution in [0.2, 0.25) is 0 Å². The molecule has 3 aromatic rings. The number of hydrogen-bond acceptors (Lipinski definition) is 8. The lowest BCUT2D eigenvalue weighted by Gasteiger charge is -2.48. The first kappa shape index (κ1) is 27.8. The molecule has 2 saturated carbocycles. The van der Waals surface area contributed by atoms with Crippen molar-refractivity contribution in [2.45, 2.75) is 44.1 Å². The van der Waals surface area contributed by atoms with E-state index in [1.54, 1.807) is 6.07 Å². The van der Waals surface area contributed by atoms with Gasteiger partial charge in [0, 0.05) is 24.6 Å². The highest BCUT2D eigenvalue weighted by molar-refractivity contribution is 6.24. The van der Waals surface area contributed by atoms with Gasteiger partial charge in [-0.3, -0.25) is 14.4 Å². The van der Waals surface area contributed by atoms with E-state index in [4.69, 9.17) is 5.73 Å². The Kier molecular flexibility index (Phi) is 6.97. The highest BCUT2D eigenvalue weighted by Crippen LogP contribution is 2.52. The molecule has 216 valence electrons. The van der Waals surface area contributed by atoms with Gasteiger partial charge in [0.1, 0.15) is 17.4 Å². The van der Waals surface area contributed by atoms with Crippen molar-refractivity contribution in [3.8, 4) is 16.9 Å². The van der Waals surface area contributed by atoms with Crippen LogP contribution in [-0.2, 0) is 33.9 Å². The number of carbonyl (C=O) groups is 3. The lowest BCUT2D eigenvalue weighted by atomic mass is 9.56. The summed E-state index contributed by atoms with van der Waals surface area (Å²) in [7, 11) is 0. The number of phenols is 1. The Labute approximate surface area is 242 Å². The number of aliphatic hydroxyl groups excluding tert-OH is 2. The van der Waals surface area contributed by atoms with Gasteiger partial charge in [-0.2, -0.15) is 0 Å². The number of Topliss-reactive ketones (excluding diaryl/α,β-unsaturated/α-hetero) is 2. The molecule has 0 aliphatic heterocycles. The van der Waals surface area contributed by atoms with Crippen LogP contribution >= 0.6 is 0 Å². The molecule has 3 aliphatic carbocycles. The second-order valence-corrected chi connectivity index (χ2v) is 11.5. The van der Waals surface area contributed by atoms with Gasteiger partial charge in [0.2, 0.25) is 11.7 Å². The number of primary amides is 1. The molecule has 9 nitrogen and oxygen atoms in total. The van der Waals surface area contributed by atoms with Crippen LogP contribution in [0.25, 0.3) is 16.9 Å². The van der Waals surface area contributed by atoms with E-state index >= 15 is 0 Å². The van der Waals surface area contributed by atoms with Crippen LogP contribution < -0.4 is 11.1 Å². The minimum atomic E-state index is -2.59. The van der Waals surface area contributed by atoms with Crippen molar-refractivity contribution in [3.05, 3.63) is 94.6 Å². The minimum Gasteiger partial charge on any atom is -0.507 e. The van der Waals surface area contributed by atoms with Crippen molar-refractivity contribution in [1.82, 2.24) is 5.32 Å². The molecule has 0 spiro atoms. The molecule has 1 amide bonds. The molecular weight excluding hydrogens is 536 g/mol. The van der Waals surface area contributed by atoms with Crippen LogP contribution in [0.4, 0.5) is 0 Å². The Morgan fingerprint density at radius 2 is 1.60 bits per heavy atom. The number of rotatable bonds is 6. The maximum absolute atomic E-state index is 13.7. The first-order chi connectivity index (χ1) is 20.1. The fourth-order valence-corrected chi connectivity index (χ4v) is 6.94. The molecule has 0 saturated heterocycles. The molecule has 2 fully saturated rings. The number of aliphatic hydroxyl groups is 3. The van der Waals surface area contributed by atoms with Gasteiger partial charge in [-0.1, -0.05) is 60.7 Å². The van der Waals surface area contributed by atoms with Gasteiger partial charge in [0.15, 0.2) is 11.4 Å². The first-order valence-electron chi connectivity index (χ1n) is 14.0. The van der Waals surface area contributed by atoms with Crippen LogP contribution in [0, 0.1) is 17.8 Å². The van der Waals surface area contributed by atoms with Crippen LogP contribution in [0.3, 0.4) is 0 Å². The third-order valence-electron chi connectivity index (χ3n) is 9.03. The molecule has 0 aromatic heterocycles. The van der Waals surface area contributed by atoms with Gasteiger partial charge in [-0.15, -0.1) is 0 Å². The summed E-state index contributed by atoms with van der Waals surface area (Å²) >= 11 is 0. The lowest BCUT2D eigenvalue weighted by molar-refractivity contribution is -0.174. The Balaban J connectivity index is 1.31. The highest BCUT2D eigenvalue weighted by Gasteiger charge is 2.63. The maximum atomic E-state index is 13.7. The highest BCUT2D eigenvalue weighted by atomic mass is 16.3. The normalized spacial score (nSPS) is 26.8. The summed E-state index contributed by atoms with van der Waals surface area (Å²) in [6, 6.07) is 21.3. The lowest BCUT2D eigenvalue weighted by Crippen LogP contribution is -2.66. The zero-order chi connectivity index (χ0) is 29.8.